The quantitative estimate of drug-likeness (QED) is 0.646. The molecule has 0 radical (unpaired) electrons. The van der Waals surface area contributed by atoms with E-state index in [1.54, 1.807) is 7.11 Å². The van der Waals surface area contributed by atoms with Crippen molar-refractivity contribution in [2.24, 2.45) is 0 Å². The molecule has 7 nitrogen and oxygen atoms in total. The number of rotatable bonds is 8. The predicted molar refractivity (Wildman–Crippen MR) is 112 cm³/mol. The molecule has 1 unspecified atom stereocenters. The molecule has 7 heteroatoms. The molecular weight excluding hydrogens is 352 g/mol. The van der Waals surface area contributed by atoms with Crippen molar-refractivity contribution in [2.75, 3.05) is 33.1 Å². The lowest BCUT2D eigenvalue weighted by Crippen LogP contribution is -2.27. The molecular formula is C21H28N6O. The van der Waals surface area contributed by atoms with Gasteiger partial charge in [0.05, 0.1) is 18.8 Å². The van der Waals surface area contributed by atoms with Crippen LogP contribution in [0.2, 0.25) is 0 Å². The smallest absolute Gasteiger partial charge is 0.130 e. The van der Waals surface area contributed by atoms with Crippen LogP contribution < -0.4 is 10.1 Å². The van der Waals surface area contributed by atoms with Gasteiger partial charge >= 0.3 is 0 Å². The molecule has 0 aliphatic carbocycles. The maximum atomic E-state index is 5.26. The lowest BCUT2D eigenvalue weighted by atomic mass is 10.1. The van der Waals surface area contributed by atoms with Gasteiger partial charge in [-0.25, -0.2) is 9.97 Å². The second kappa shape index (κ2) is 8.84. The summed E-state index contributed by atoms with van der Waals surface area (Å²) in [6, 6.07) is 12.3. The molecule has 0 aliphatic rings. The van der Waals surface area contributed by atoms with Crippen LogP contribution in [-0.2, 0) is 6.54 Å². The Morgan fingerprint density at radius 2 is 1.86 bits per heavy atom. The average molecular weight is 380 g/mol. The largest absolute Gasteiger partial charge is 0.497 e. The molecule has 1 aromatic carbocycles. The number of aryl methyl sites for hydroxylation is 2. The van der Waals surface area contributed by atoms with E-state index in [0.717, 1.165) is 41.9 Å². The highest BCUT2D eigenvalue weighted by Crippen LogP contribution is 2.23. The number of nitrogens with zero attached hydrogens (tertiary/aromatic N) is 5. The van der Waals surface area contributed by atoms with Crippen LogP contribution in [0.15, 0.2) is 42.6 Å². The lowest BCUT2D eigenvalue weighted by Gasteiger charge is -2.25. The van der Waals surface area contributed by atoms with Crippen LogP contribution >= 0.6 is 0 Å². The number of ether oxygens (including phenoxy) is 1. The Balaban J connectivity index is 1.77. The van der Waals surface area contributed by atoms with E-state index in [9.17, 15) is 0 Å². The number of hydrogen-bond acceptors (Lipinski definition) is 6. The van der Waals surface area contributed by atoms with Crippen LogP contribution in [0, 0.1) is 6.92 Å². The third-order valence-electron chi connectivity index (χ3n) is 4.67. The Morgan fingerprint density at radius 3 is 2.46 bits per heavy atom. The van der Waals surface area contributed by atoms with Gasteiger partial charge in [-0.05, 0) is 51.7 Å². The molecule has 0 aliphatic heterocycles. The average Bonchev–Trinajstić information content (AvgIpc) is 3.17. The number of likely N-dealkylation sites (N-methyl/N-ethyl adjacent to an activating group) is 1. The number of hydrogen-bond donors (Lipinski definition) is 1. The number of methoxy groups -OCH3 is 1. The molecule has 0 bridgehead atoms. The van der Waals surface area contributed by atoms with Crippen molar-refractivity contribution in [3.63, 3.8) is 0 Å². The summed E-state index contributed by atoms with van der Waals surface area (Å²) >= 11 is 0. The fraction of sp³-hybridized carbons (Fsp3) is 0.381. The Bertz CT molecular complexity index is 904. The Morgan fingerprint density at radius 1 is 1.11 bits per heavy atom. The van der Waals surface area contributed by atoms with Gasteiger partial charge in [-0.1, -0.05) is 12.1 Å². The van der Waals surface area contributed by atoms with Crippen LogP contribution in [0.25, 0.3) is 11.4 Å². The minimum Gasteiger partial charge on any atom is -0.497 e. The SMILES string of the molecule is CCn1ccc(-c2cc(NCC(c3ccc(OC)cc3)N(C)C)nc(C)n2)n1. The summed E-state index contributed by atoms with van der Waals surface area (Å²) in [5.74, 6) is 2.38. The van der Waals surface area contributed by atoms with Crippen LogP contribution in [0.4, 0.5) is 5.82 Å². The molecule has 148 valence electrons. The molecule has 0 spiro atoms. The van der Waals surface area contributed by atoms with E-state index in [0.29, 0.717) is 0 Å². The predicted octanol–water partition coefficient (Wildman–Crippen LogP) is 3.39. The first-order valence-electron chi connectivity index (χ1n) is 9.44. The molecule has 2 heterocycles. The number of nitrogens with one attached hydrogen (secondary N) is 1. The van der Waals surface area contributed by atoms with Crippen molar-refractivity contribution >= 4 is 5.82 Å². The highest BCUT2D eigenvalue weighted by molar-refractivity contribution is 5.58. The summed E-state index contributed by atoms with van der Waals surface area (Å²) in [5.41, 5.74) is 2.90. The third kappa shape index (κ3) is 4.67. The number of benzene rings is 1. The Kier molecular flexibility index (Phi) is 6.26. The van der Waals surface area contributed by atoms with Gasteiger partial charge in [0.1, 0.15) is 23.1 Å². The Labute approximate surface area is 166 Å². The standard InChI is InChI=1S/C21H28N6O/c1-6-27-12-11-18(25-27)19-13-21(24-15(2)23-19)22-14-20(26(3)4)16-7-9-17(28-5)10-8-16/h7-13,20H,6,14H2,1-5H3,(H,22,23,24). The fourth-order valence-corrected chi connectivity index (χ4v) is 3.09. The van der Waals surface area contributed by atoms with E-state index < -0.39 is 0 Å². The second-order valence-electron chi connectivity index (χ2n) is 6.88. The highest BCUT2D eigenvalue weighted by atomic mass is 16.5. The summed E-state index contributed by atoms with van der Waals surface area (Å²) in [6.07, 6.45) is 1.96. The zero-order valence-electron chi connectivity index (χ0n) is 17.2. The normalized spacial score (nSPS) is 12.2. The third-order valence-corrected chi connectivity index (χ3v) is 4.67. The van der Waals surface area contributed by atoms with Gasteiger partial charge in [0.15, 0.2) is 0 Å². The van der Waals surface area contributed by atoms with Crippen molar-refractivity contribution in [3.05, 3.63) is 54.0 Å². The highest BCUT2D eigenvalue weighted by Gasteiger charge is 2.15. The summed E-state index contributed by atoms with van der Waals surface area (Å²) in [4.78, 5) is 11.3. The van der Waals surface area contributed by atoms with Crippen molar-refractivity contribution in [3.8, 4) is 17.1 Å². The zero-order chi connectivity index (χ0) is 20.1. The molecule has 2 aromatic heterocycles. The minimum absolute atomic E-state index is 0.198. The van der Waals surface area contributed by atoms with Crippen molar-refractivity contribution < 1.29 is 4.74 Å². The molecule has 3 aromatic rings. The van der Waals surface area contributed by atoms with Gasteiger partial charge in [-0.3, -0.25) is 4.68 Å². The first-order chi connectivity index (χ1) is 13.5. The van der Waals surface area contributed by atoms with Crippen LogP contribution in [0.1, 0.15) is 24.4 Å². The molecule has 1 atom stereocenters. The molecule has 28 heavy (non-hydrogen) atoms. The number of aromatic nitrogens is 4. The van der Waals surface area contributed by atoms with Gasteiger partial charge in [-0.15, -0.1) is 0 Å². The van der Waals surface area contributed by atoms with Gasteiger partial charge < -0.3 is 15.0 Å². The second-order valence-corrected chi connectivity index (χ2v) is 6.88. The Hall–Kier alpha value is -2.93. The maximum absolute atomic E-state index is 5.26. The van der Waals surface area contributed by atoms with Crippen LogP contribution in [0.3, 0.4) is 0 Å². The van der Waals surface area contributed by atoms with E-state index in [2.05, 4.69) is 58.4 Å². The van der Waals surface area contributed by atoms with Crippen molar-refractivity contribution in [2.45, 2.75) is 26.4 Å². The van der Waals surface area contributed by atoms with E-state index >= 15 is 0 Å². The van der Waals surface area contributed by atoms with E-state index in [1.807, 2.05) is 42.1 Å². The molecule has 0 fully saturated rings. The van der Waals surface area contributed by atoms with Crippen molar-refractivity contribution in [1.82, 2.24) is 24.6 Å². The maximum Gasteiger partial charge on any atom is 0.130 e. The molecule has 3 rings (SSSR count). The van der Waals surface area contributed by atoms with Crippen molar-refractivity contribution in [1.29, 1.82) is 0 Å². The van der Waals surface area contributed by atoms with E-state index in [-0.39, 0.29) is 6.04 Å². The van der Waals surface area contributed by atoms with Gasteiger partial charge in [-0.2, -0.15) is 5.10 Å². The molecule has 1 N–H and O–H groups in total. The fourth-order valence-electron chi connectivity index (χ4n) is 3.09. The lowest BCUT2D eigenvalue weighted by molar-refractivity contribution is 0.311. The summed E-state index contributed by atoms with van der Waals surface area (Å²) in [5, 5.41) is 8.01. The first-order valence-corrected chi connectivity index (χ1v) is 9.44. The summed E-state index contributed by atoms with van der Waals surface area (Å²) < 4.78 is 7.16. The van der Waals surface area contributed by atoms with Crippen LogP contribution in [-0.4, -0.2) is 52.4 Å². The number of anilines is 1. The molecule has 0 saturated carbocycles. The van der Waals surface area contributed by atoms with Gasteiger partial charge in [0.25, 0.3) is 0 Å². The summed E-state index contributed by atoms with van der Waals surface area (Å²) in [6.45, 7) is 5.52. The monoisotopic (exact) mass is 380 g/mol. The van der Waals surface area contributed by atoms with Gasteiger partial charge in [0, 0.05) is 25.4 Å². The molecule has 0 amide bonds. The topological polar surface area (TPSA) is 68.1 Å². The van der Waals surface area contributed by atoms with Crippen LogP contribution in [0.5, 0.6) is 5.75 Å². The van der Waals surface area contributed by atoms with E-state index in [4.69, 9.17) is 4.74 Å². The van der Waals surface area contributed by atoms with Gasteiger partial charge in [0.2, 0.25) is 0 Å². The molecule has 0 saturated heterocycles. The zero-order valence-corrected chi connectivity index (χ0v) is 17.2. The minimum atomic E-state index is 0.198. The first kappa shape index (κ1) is 19.8. The summed E-state index contributed by atoms with van der Waals surface area (Å²) in [7, 11) is 5.83. The van der Waals surface area contributed by atoms with E-state index in [1.165, 1.54) is 5.56 Å².